The molecule has 1 N–H and O–H groups in total. The molecule has 1 saturated heterocycles. The Labute approximate surface area is 196 Å². The summed E-state index contributed by atoms with van der Waals surface area (Å²) in [6, 6.07) is 7.25. The van der Waals surface area contributed by atoms with Crippen LogP contribution in [0.25, 0.3) is 0 Å². The van der Waals surface area contributed by atoms with E-state index in [0.29, 0.717) is 32.4 Å². The second kappa shape index (κ2) is 11.3. The highest BCUT2D eigenvalue weighted by Crippen LogP contribution is 2.35. The first kappa shape index (κ1) is 24.7. The molecule has 3 rings (SSSR count). The maximum atomic E-state index is 13.4. The minimum absolute atomic E-state index is 0.00766. The minimum atomic E-state index is -0.610. The standard InChI is InChI=1S/C26H35N3O4/c1-4-14-27-24(31)22(5-2)29(17-19-10-8-9-18(3)16-19)23(30)13-15-28-25(32)20-11-6-7-12-21(20)26(28)33/h6-10,16,20-22H,4-5,11-15,17H2,1-3H3,(H,27,31)/t20-,21+,22-/m1/s1. The van der Waals surface area contributed by atoms with Gasteiger partial charge in [0, 0.05) is 26.1 Å². The van der Waals surface area contributed by atoms with E-state index >= 15 is 0 Å². The summed E-state index contributed by atoms with van der Waals surface area (Å²) in [7, 11) is 0. The molecule has 178 valence electrons. The Morgan fingerprint density at radius 2 is 1.79 bits per heavy atom. The second-order valence-electron chi connectivity index (χ2n) is 8.96. The molecule has 1 fully saturated rings. The van der Waals surface area contributed by atoms with E-state index in [1.54, 1.807) is 4.90 Å². The Hall–Kier alpha value is -2.96. The molecule has 1 aromatic rings. The number of benzene rings is 1. The van der Waals surface area contributed by atoms with Crippen LogP contribution in [0.2, 0.25) is 0 Å². The van der Waals surface area contributed by atoms with Crippen LogP contribution in [-0.2, 0) is 25.7 Å². The fourth-order valence-corrected chi connectivity index (χ4v) is 4.73. The smallest absolute Gasteiger partial charge is 0.242 e. The molecule has 0 aromatic heterocycles. The number of hydrogen-bond acceptors (Lipinski definition) is 4. The van der Waals surface area contributed by atoms with E-state index in [4.69, 9.17) is 0 Å². The summed E-state index contributed by atoms with van der Waals surface area (Å²) in [4.78, 5) is 54.6. The van der Waals surface area contributed by atoms with Crippen molar-refractivity contribution < 1.29 is 19.2 Å². The summed E-state index contributed by atoms with van der Waals surface area (Å²) in [6.45, 7) is 6.76. The molecular formula is C26H35N3O4. The van der Waals surface area contributed by atoms with Crippen LogP contribution in [0.4, 0.5) is 0 Å². The van der Waals surface area contributed by atoms with Crippen LogP contribution < -0.4 is 5.32 Å². The lowest BCUT2D eigenvalue weighted by Crippen LogP contribution is -2.49. The van der Waals surface area contributed by atoms with Gasteiger partial charge in [0.15, 0.2) is 0 Å². The first-order chi connectivity index (χ1) is 15.9. The zero-order valence-corrected chi connectivity index (χ0v) is 19.9. The van der Waals surface area contributed by atoms with Crippen molar-refractivity contribution in [2.75, 3.05) is 13.1 Å². The fourth-order valence-electron chi connectivity index (χ4n) is 4.73. The van der Waals surface area contributed by atoms with Gasteiger partial charge in [0.25, 0.3) is 0 Å². The average molecular weight is 454 g/mol. The normalized spacial score (nSPS) is 20.5. The number of allylic oxidation sites excluding steroid dienone is 2. The van der Waals surface area contributed by atoms with E-state index in [2.05, 4.69) is 5.32 Å². The van der Waals surface area contributed by atoms with Gasteiger partial charge in [0.05, 0.1) is 11.8 Å². The van der Waals surface area contributed by atoms with E-state index < -0.39 is 6.04 Å². The van der Waals surface area contributed by atoms with Gasteiger partial charge in [-0.1, -0.05) is 55.8 Å². The van der Waals surface area contributed by atoms with Crippen molar-refractivity contribution in [2.24, 2.45) is 11.8 Å². The fraction of sp³-hybridized carbons (Fsp3) is 0.538. The van der Waals surface area contributed by atoms with Crippen molar-refractivity contribution in [3.8, 4) is 0 Å². The molecule has 0 saturated carbocycles. The van der Waals surface area contributed by atoms with Gasteiger partial charge in [-0.15, -0.1) is 0 Å². The van der Waals surface area contributed by atoms with Crippen LogP contribution in [0.15, 0.2) is 36.4 Å². The average Bonchev–Trinajstić information content (AvgIpc) is 3.05. The lowest BCUT2D eigenvalue weighted by molar-refractivity contribution is -0.144. The van der Waals surface area contributed by atoms with Gasteiger partial charge in [-0.3, -0.25) is 24.1 Å². The van der Waals surface area contributed by atoms with Crippen LogP contribution in [0, 0.1) is 18.8 Å². The highest BCUT2D eigenvalue weighted by molar-refractivity contribution is 6.05. The molecule has 3 atom stereocenters. The molecule has 1 aromatic carbocycles. The van der Waals surface area contributed by atoms with Gasteiger partial charge in [-0.05, 0) is 38.2 Å². The number of nitrogens with zero attached hydrogens (tertiary/aromatic N) is 2. The van der Waals surface area contributed by atoms with Crippen molar-refractivity contribution >= 4 is 23.6 Å². The monoisotopic (exact) mass is 453 g/mol. The van der Waals surface area contributed by atoms with E-state index in [0.717, 1.165) is 17.5 Å². The van der Waals surface area contributed by atoms with Crippen LogP contribution in [0.1, 0.15) is 57.1 Å². The number of carbonyl (C=O) groups is 4. The molecule has 1 aliphatic carbocycles. The predicted molar refractivity (Wildman–Crippen MR) is 126 cm³/mol. The third-order valence-electron chi connectivity index (χ3n) is 6.52. The molecule has 2 aliphatic rings. The highest BCUT2D eigenvalue weighted by atomic mass is 16.2. The molecule has 0 spiro atoms. The summed E-state index contributed by atoms with van der Waals surface area (Å²) in [5, 5.41) is 2.90. The number of hydrogen-bond donors (Lipinski definition) is 1. The number of imide groups is 1. The SMILES string of the molecule is CCCNC(=O)[C@@H](CC)N(Cc1cccc(C)c1)C(=O)CCN1C(=O)[C@H]2CC=CC[C@H]2C1=O. The summed E-state index contributed by atoms with van der Waals surface area (Å²) in [5.41, 5.74) is 2.02. The van der Waals surface area contributed by atoms with Crippen LogP contribution in [-0.4, -0.2) is 52.6 Å². The van der Waals surface area contributed by atoms with Crippen LogP contribution in [0.3, 0.4) is 0 Å². The van der Waals surface area contributed by atoms with E-state index in [1.807, 2.05) is 57.2 Å². The third kappa shape index (κ3) is 5.70. The number of amides is 4. The van der Waals surface area contributed by atoms with Crippen LogP contribution >= 0.6 is 0 Å². The van der Waals surface area contributed by atoms with Crippen molar-refractivity contribution in [2.45, 2.75) is 65.5 Å². The van der Waals surface area contributed by atoms with Crippen molar-refractivity contribution in [1.82, 2.24) is 15.1 Å². The number of rotatable bonds is 10. The number of carbonyl (C=O) groups excluding carboxylic acids is 4. The van der Waals surface area contributed by atoms with Gasteiger partial charge >= 0.3 is 0 Å². The van der Waals surface area contributed by atoms with E-state index in [9.17, 15) is 19.2 Å². The topological polar surface area (TPSA) is 86.8 Å². The van der Waals surface area contributed by atoms with Gasteiger partial charge < -0.3 is 10.2 Å². The molecule has 1 aliphatic heterocycles. The number of aryl methyl sites for hydroxylation is 1. The maximum absolute atomic E-state index is 13.4. The Morgan fingerprint density at radius 3 is 2.36 bits per heavy atom. The van der Waals surface area contributed by atoms with E-state index in [1.165, 1.54) is 4.90 Å². The van der Waals surface area contributed by atoms with Crippen LogP contribution in [0.5, 0.6) is 0 Å². The molecule has 0 unspecified atom stereocenters. The van der Waals surface area contributed by atoms with Crippen molar-refractivity contribution in [3.63, 3.8) is 0 Å². The van der Waals surface area contributed by atoms with E-state index in [-0.39, 0.29) is 48.4 Å². The minimum Gasteiger partial charge on any atom is -0.354 e. The third-order valence-corrected chi connectivity index (χ3v) is 6.52. The molecule has 4 amide bonds. The number of likely N-dealkylation sites (tertiary alicyclic amines) is 1. The largest absolute Gasteiger partial charge is 0.354 e. The molecule has 0 radical (unpaired) electrons. The predicted octanol–water partition coefficient (Wildman–Crippen LogP) is 2.97. The number of nitrogens with one attached hydrogen (secondary N) is 1. The molecule has 0 bridgehead atoms. The highest BCUT2D eigenvalue weighted by Gasteiger charge is 2.47. The Morgan fingerprint density at radius 1 is 1.12 bits per heavy atom. The molecule has 7 nitrogen and oxygen atoms in total. The maximum Gasteiger partial charge on any atom is 0.242 e. The van der Waals surface area contributed by atoms with Gasteiger partial charge in [-0.25, -0.2) is 0 Å². The van der Waals surface area contributed by atoms with Gasteiger partial charge in [0.2, 0.25) is 23.6 Å². The summed E-state index contributed by atoms with van der Waals surface area (Å²) < 4.78 is 0. The number of fused-ring (bicyclic) bond motifs is 1. The Kier molecular flexibility index (Phi) is 8.42. The zero-order chi connectivity index (χ0) is 24.0. The Bertz CT molecular complexity index is 900. The first-order valence-electron chi connectivity index (χ1n) is 12.0. The summed E-state index contributed by atoms with van der Waals surface area (Å²) in [5.74, 6) is -1.37. The zero-order valence-electron chi connectivity index (χ0n) is 19.9. The molecule has 7 heteroatoms. The summed E-state index contributed by atoms with van der Waals surface area (Å²) >= 11 is 0. The van der Waals surface area contributed by atoms with Crippen molar-refractivity contribution in [1.29, 1.82) is 0 Å². The quantitative estimate of drug-likeness (QED) is 0.436. The Balaban J connectivity index is 1.74. The molecular weight excluding hydrogens is 418 g/mol. The lowest BCUT2D eigenvalue weighted by Gasteiger charge is -2.31. The first-order valence-corrected chi connectivity index (χ1v) is 12.0. The van der Waals surface area contributed by atoms with Crippen molar-refractivity contribution in [3.05, 3.63) is 47.5 Å². The summed E-state index contributed by atoms with van der Waals surface area (Å²) in [6.07, 6.45) is 6.35. The lowest BCUT2D eigenvalue weighted by atomic mass is 9.85. The van der Waals surface area contributed by atoms with Gasteiger partial charge in [-0.2, -0.15) is 0 Å². The molecule has 33 heavy (non-hydrogen) atoms. The molecule has 1 heterocycles. The van der Waals surface area contributed by atoms with Gasteiger partial charge in [0.1, 0.15) is 6.04 Å². The second-order valence-corrected chi connectivity index (χ2v) is 8.96.